The molecule has 2 aromatic carbocycles. The lowest BCUT2D eigenvalue weighted by Crippen LogP contribution is -2.41. The minimum atomic E-state index is -0.581. The van der Waals surface area contributed by atoms with Crippen molar-refractivity contribution in [3.05, 3.63) is 90.4 Å². The largest absolute Gasteiger partial charge is 0.370 e. The van der Waals surface area contributed by atoms with E-state index in [1.807, 2.05) is 45.0 Å². The predicted molar refractivity (Wildman–Crippen MR) is 139 cm³/mol. The van der Waals surface area contributed by atoms with E-state index >= 15 is 0 Å². The molecule has 0 spiro atoms. The second-order valence-corrected chi connectivity index (χ2v) is 10.8. The molecule has 1 aliphatic rings. The van der Waals surface area contributed by atoms with Gasteiger partial charge in [-0.3, -0.25) is 14.2 Å². The van der Waals surface area contributed by atoms with Gasteiger partial charge in [-0.15, -0.1) is 11.3 Å². The zero-order chi connectivity index (χ0) is 24.9. The number of anilines is 1. The van der Waals surface area contributed by atoms with Crippen LogP contribution in [0.5, 0.6) is 0 Å². The molecule has 0 radical (unpaired) electrons. The summed E-state index contributed by atoms with van der Waals surface area (Å²) in [5.74, 6) is -0.360. The maximum absolute atomic E-state index is 13.7. The van der Waals surface area contributed by atoms with Crippen molar-refractivity contribution >= 4 is 44.7 Å². The van der Waals surface area contributed by atoms with Crippen LogP contribution in [0.3, 0.4) is 0 Å². The molecule has 0 atom stereocenters. The Kier molecular flexibility index (Phi) is 5.91. The average Bonchev–Trinajstić information content (AvgIpc) is 3.17. The summed E-state index contributed by atoms with van der Waals surface area (Å²) in [6, 6.07) is 13.9. The van der Waals surface area contributed by atoms with Gasteiger partial charge < -0.3 is 10.1 Å². The molecule has 35 heavy (non-hydrogen) atoms. The van der Waals surface area contributed by atoms with E-state index in [1.54, 1.807) is 24.3 Å². The van der Waals surface area contributed by atoms with Gasteiger partial charge in [-0.2, -0.15) is 0 Å². The molecule has 0 unspecified atom stereocenters. The summed E-state index contributed by atoms with van der Waals surface area (Å²) < 4.78 is 8.45. The Balaban J connectivity index is 1.68. The fraction of sp³-hybridized carbons (Fsp3) is 0.269. The highest BCUT2D eigenvalue weighted by Gasteiger charge is 2.32. The van der Waals surface area contributed by atoms with Crippen molar-refractivity contribution < 1.29 is 9.53 Å². The molecule has 0 fully saturated rings. The van der Waals surface area contributed by atoms with Gasteiger partial charge in [0.15, 0.2) is 0 Å². The summed E-state index contributed by atoms with van der Waals surface area (Å²) >= 11 is 7.37. The molecular weight excluding hydrogens is 486 g/mol. The number of hydrogen-bond acceptors (Lipinski definition) is 5. The lowest BCUT2D eigenvalue weighted by molar-refractivity contribution is -0.116. The van der Waals surface area contributed by atoms with E-state index in [1.165, 1.54) is 15.9 Å². The van der Waals surface area contributed by atoms with E-state index < -0.39 is 16.9 Å². The van der Waals surface area contributed by atoms with Crippen LogP contribution in [0, 0.1) is 6.92 Å². The molecular formula is C26H24ClN3O4S. The Morgan fingerprint density at radius 1 is 1.11 bits per heavy atom. The monoisotopic (exact) mass is 509 g/mol. The molecule has 0 aliphatic carbocycles. The molecule has 0 bridgehead atoms. The summed E-state index contributed by atoms with van der Waals surface area (Å²) in [4.78, 5) is 41.7. The number of ether oxygens (including phenoxy) is 1. The number of carbonyl (C=O) groups is 1. The number of fused-ring (bicyclic) bond motifs is 3. The van der Waals surface area contributed by atoms with Gasteiger partial charge in [0.25, 0.3) is 5.56 Å². The quantitative estimate of drug-likeness (QED) is 0.433. The molecule has 1 amide bonds. The van der Waals surface area contributed by atoms with E-state index in [4.69, 9.17) is 16.3 Å². The normalized spacial score (nSPS) is 14.6. The van der Waals surface area contributed by atoms with Crippen LogP contribution in [0.25, 0.3) is 15.9 Å². The number of benzene rings is 2. The topological polar surface area (TPSA) is 82.3 Å². The number of amides is 1. The smallest absolute Gasteiger partial charge is 0.337 e. The van der Waals surface area contributed by atoms with Crippen molar-refractivity contribution in [2.24, 2.45) is 0 Å². The molecule has 9 heteroatoms. The number of carbonyl (C=O) groups excluding carboxylic acids is 1. The summed E-state index contributed by atoms with van der Waals surface area (Å²) in [5.41, 5.74) is 1.55. The Morgan fingerprint density at radius 2 is 1.80 bits per heavy atom. The Morgan fingerprint density at radius 3 is 2.49 bits per heavy atom. The number of aryl methyl sites for hydroxylation is 1. The molecule has 3 heterocycles. The first-order valence-electron chi connectivity index (χ1n) is 11.2. The third-order valence-electron chi connectivity index (χ3n) is 6.07. The molecule has 5 rings (SSSR count). The van der Waals surface area contributed by atoms with E-state index in [0.717, 1.165) is 20.6 Å². The van der Waals surface area contributed by atoms with Gasteiger partial charge in [0, 0.05) is 22.0 Å². The number of halogens is 1. The fourth-order valence-electron chi connectivity index (χ4n) is 4.29. The molecule has 0 saturated carbocycles. The maximum atomic E-state index is 13.7. The van der Waals surface area contributed by atoms with Gasteiger partial charge in [-0.25, -0.2) is 9.36 Å². The van der Waals surface area contributed by atoms with Crippen molar-refractivity contribution in [3.63, 3.8) is 0 Å². The minimum absolute atomic E-state index is 0.235. The van der Waals surface area contributed by atoms with Crippen LogP contribution in [0.1, 0.15) is 29.9 Å². The highest BCUT2D eigenvalue weighted by atomic mass is 35.5. The summed E-state index contributed by atoms with van der Waals surface area (Å²) in [5, 5.41) is 3.79. The number of thiophene rings is 1. The van der Waals surface area contributed by atoms with Gasteiger partial charge in [0.2, 0.25) is 5.91 Å². The SMILES string of the molecule is Cc1ccc(NC(=O)Cn2c(=O)n(-c3ccc(Cl)cc3)c(=O)c3c4c(sc32)COC(C)(C)C4)cc1. The molecule has 1 N–H and O–H groups in total. The first kappa shape index (κ1) is 23.5. The Bertz CT molecular complexity index is 1560. The van der Waals surface area contributed by atoms with Crippen LogP contribution in [-0.4, -0.2) is 20.6 Å². The van der Waals surface area contributed by atoms with Gasteiger partial charge in [0.05, 0.1) is 23.3 Å². The van der Waals surface area contributed by atoms with Crippen LogP contribution in [-0.2, 0) is 29.1 Å². The highest BCUT2D eigenvalue weighted by Crippen LogP contribution is 2.37. The standard InChI is InChI=1S/C26H24ClN3O4S/c1-15-4-8-17(9-5-15)28-21(31)13-29-24-22(19-12-26(2,3)34-14-20(19)35-24)23(32)30(25(29)33)18-10-6-16(27)7-11-18/h4-11H,12-14H2,1-3H3,(H,28,31). The Labute approximate surface area is 210 Å². The second-order valence-electron chi connectivity index (χ2n) is 9.31. The second kappa shape index (κ2) is 8.78. The van der Waals surface area contributed by atoms with Gasteiger partial charge in [-0.05, 0) is 62.7 Å². The van der Waals surface area contributed by atoms with Crippen LogP contribution in [0.2, 0.25) is 5.02 Å². The van der Waals surface area contributed by atoms with Gasteiger partial charge >= 0.3 is 5.69 Å². The van der Waals surface area contributed by atoms with Crippen LogP contribution < -0.4 is 16.6 Å². The molecule has 4 aromatic rings. The molecule has 7 nitrogen and oxygen atoms in total. The number of nitrogens with zero attached hydrogens (tertiary/aromatic N) is 2. The first-order valence-corrected chi connectivity index (χ1v) is 12.4. The fourth-order valence-corrected chi connectivity index (χ4v) is 5.63. The third-order valence-corrected chi connectivity index (χ3v) is 7.56. The van der Waals surface area contributed by atoms with Gasteiger partial charge in [0.1, 0.15) is 11.4 Å². The molecule has 1 aliphatic heterocycles. The van der Waals surface area contributed by atoms with E-state index in [0.29, 0.717) is 39.6 Å². The lowest BCUT2D eigenvalue weighted by Gasteiger charge is -2.29. The van der Waals surface area contributed by atoms with Crippen molar-refractivity contribution in [1.29, 1.82) is 0 Å². The number of rotatable bonds is 4. The molecule has 2 aromatic heterocycles. The summed E-state index contributed by atoms with van der Waals surface area (Å²) in [6.45, 7) is 6.03. The van der Waals surface area contributed by atoms with Gasteiger partial charge in [-0.1, -0.05) is 29.3 Å². The van der Waals surface area contributed by atoms with Crippen molar-refractivity contribution in [3.8, 4) is 5.69 Å². The molecule has 0 saturated heterocycles. The Hall–Kier alpha value is -3.20. The van der Waals surface area contributed by atoms with Crippen molar-refractivity contribution in [1.82, 2.24) is 9.13 Å². The average molecular weight is 510 g/mol. The summed E-state index contributed by atoms with van der Waals surface area (Å²) in [7, 11) is 0. The van der Waals surface area contributed by atoms with Crippen LogP contribution >= 0.6 is 22.9 Å². The van der Waals surface area contributed by atoms with E-state index in [9.17, 15) is 14.4 Å². The predicted octanol–water partition coefficient (Wildman–Crippen LogP) is 4.67. The maximum Gasteiger partial charge on any atom is 0.337 e. The number of aromatic nitrogens is 2. The van der Waals surface area contributed by atoms with Crippen LogP contribution in [0.4, 0.5) is 5.69 Å². The van der Waals surface area contributed by atoms with E-state index in [-0.39, 0.29) is 12.5 Å². The zero-order valence-corrected chi connectivity index (χ0v) is 21.1. The van der Waals surface area contributed by atoms with E-state index in [2.05, 4.69) is 5.32 Å². The van der Waals surface area contributed by atoms with Crippen molar-refractivity contribution in [2.45, 2.75) is 45.9 Å². The molecule has 180 valence electrons. The van der Waals surface area contributed by atoms with Crippen LogP contribution in [0.15, 0.2) is 58.1 Å². The third kappa shape index (κ3) is 4.45. The minimum Gasteiger partial charge on any atom is -0.370 e. The highest BCUT2D eigenvalue weighted by molar-refractivity contribution is 7.18. The first-order chi connectivity index (χ1) is 16.6. The number of hydrogen-bond donors (Lipinski definition) is 1. The summed E-state index contributed by atoms with van der Waals surface area (Å²) in [6.07, 6.45) is 0.534. The lowest BCUT2D eigenvalue weighted by atomic mass is 9.94. The zero-order valence-electron chi connectivity index (χ0n) is 19.6. The number of nitrogens with one attached hydrogen (secondary N) is 1. The van der Waals surface area contributed by atoms with Crippen molar-refractivity contribution in [2.75, 3.05) is 5.32 Å².